The molecule has 0 spiro atoms. The average molecular weight is 425 g/mol. The van der Waals surface area contributed by atoms with Gasteiger partial charge in [-0.1, -0.05) is 109 Å². The Labute approximate surface area is 185 Å². The van der Waals surface area contributed by atoms with Crippen LogP contribution in [0.15, 0.2) is 60.7 Å². The van der Waals surface area contributed by atoms with E-state index in [4.69, 9.17) is 4.43 Å². The van der Waals surface area contributed by atoms with Crippen LogP contribution in [-0.2, 0) is 10.8 Å². The number of hydrogen-bond donors (Lipinski definition) is 0. The number of hydrogen-bond acceptors (Lipinski definition) is 2. The SMILES string of the molecule is CC(C)[Si](O[C@@H](CC(=O)c1ccccc1)[C@H](C)Cc1ccccc1)(C(C)C)C(C)C. The molecule has 2 nitrogen and oxygen atoms in total. The van der Waals surface area contributed by atoms with E-state index in [-0.39, 0.29) is 17.8 Å². The van der Waals surface area contributed by atoms with Gasteiger partial charge in [0.1, 0.15) is 0 Å². The van der Waals surface area contributed by atoms with Gasteiger partial charge in [0.2, 0.25) is 8.32 Å². The predicted octanol–water partition coefficient (Wildman–Crippen LogP) is 7.70. The highest BCUT2D eigenvalue weighted by Gasteiger charge is 2.47. The number of benzene rings is 2. The van der Waals surface area contributed by atoms with Gasteiger partial charge in [-0.2, -0.15) is 0 Å². The van der Waals surface area contributed by atoms with Gasteiger partial charge in [0, 0.05) is 12.0 Å². The molecule has 2 rings (SSSR count). The van der Waals surface area contributed by atoms with Gasteiger partial charge in [-0.05, 0) is 34.5 Å². The molecule has 2 aromatic rings. The molecule has 0 radical (unpaired) electrons. The summed E-state index contributed by atoms with van der Waals surface area (Å²) in [5.41, 5.74) is 3.57. The molecule has 0 aromatic heterocycles. The van der Waals surface area contributed by atoms with Crippen molar-refractivity contribution in [2.75, 3.05) is 0 Å². The van der Waals surface area contributed by atoms with Crippen molar-refractivity contribution in [3.8, 4) is 0 Å². The molecule has 2 aromatic carbocycles. The van der Waals surface area contributed by atoms with Crippen molar-refractivity contribution in [2.45, 2.75) is 84.0 Å². The van der Waals surface area contributed by atoms with Crippen LogP contribution in [0.2, 0.25) is 16.6 Å². The Morgan fingerprint density at radius 1 is 0.767 bits per heavy atom. The molecule has 0 N–H and O–H groups in total. The number of carbonyl (C=O) groups excluding carboxylic acids is 1. The average Bonchev–Trinajstić information content (AvgIpc) is 2.71. The highest BCUT2D eigenvalue weighted by atomic mass is 28.4. The molecule has 30 heavy (non-hydrogen) atoms. The Morgan fingerprint density at radius 3 is 1.70 bits per heavy atom. The lowest BCUT2D eigenvalue weighted by Gasteiger charge is -2.46. The molecule has 2 atom stereocenters. The minimum absolute atomic E-state index is 0.0724. The second-order valence-electron chi connectivity index (χ2n) is 9.63. The molecule has 0 saturated heterocycles. The summed E-state index contributed by atoms with van der Waals surface area (Å²) in [7, 11) is -2.09. The van der Waals surface area contributed by atoms with Gasteiger partial charge in [-0.3, -0.25) is 4.79 Å². The van der Waals surface area contributed by atoms with Crippen molar-refractivity contribution in [3.05, 3.63) is 71.8 Å². The van der Waals surface area contributed by atoms with Gasteiger partial charge in [0.15, 0.2) is 5.78 Å². The van der Waals surface area contributed by atoms with Gasteiger partial charge in [0.25, 0.3) is 0 Å². The quantitative estimate of drug-likeness (QED) is 0.273. The molecule has 3 heteroatoms. The third-order valence-corrected chi connectivity index (χ3v) is 12.7. The van der Waals surface area contributed by atoms with E-state index in [1.165, 1.54) is 5.56 Å². The second-order valence-corrected chi connectivity index (χ2v) is 15.0. The van der Waals surface area contributed by atoms with Crippen molar-refractivity contribution in [2.24, 2.45) is 5.92 Å². The molecular weight excluding hydrogens is 384 g/mol. The van der Waals surface area contributed by atoms with Crippen molar-refractivity contribution in [3.63, 3.8) is 0 Å². The van der Waals surface area contributed by atoms with E-state index in [2.05, 4.69) is 78.8 Å². The molecule has 164 valence electrons. The molecule has 0 aliphatic heterocycles. The Kier molecular flexibility index (Phi) is 9.05. The summed E-state index contributed by atoms with van der Waals surface area (Å²) in [5.74, 6) is 0.447. The minimum Gasteiger partial charge on any atom is -0.412 e. The van der Waals surface area contributed by atoms with Gasteiger partial charge >= 0.3 is 0 Å². The van der Waals surface area contributed by atoms with E-state index in [0.717, 1.165) is 12.0 Å². The number of Topliss-reactive ketones (excluding diaryl/α,β-unsaturated/α-hetero) is 1. The van der Waals surface area contributed by atoms with Gasteiger partial charge in [-0.25, -0.2) is 0 Å². The molecule has 0 unspecified atom stereocenters. The first-order valence-corrected chi connectivity index (χ1v) is 13.6. The van der Waals surface area contributed by atoms with Crippen LogP contribution in [0.4, 0.5) is 0 Å². The van der Waals surface area contributed by atoms with Gasteiger partial charge in [-0.15, -0.1) is 0 Å². The highest BCUT2D eigenvalue weighted by Crippen LogP contribution is 2.44. The van der Waals surface area contributed by atoms with E-state index >= 15 is 0 Å². The van der Waals surface area contributed by atoms with Crippen molar-refractivity contribution in [1.29, 1.82) is 0 Å². The fraction of sp³-hybridized carbons (Fsp3) is 0.519. The largest absolute Gasteiger partial charge is 0.412 e. The van der Waals surface area contributed by atoms with Crippen LogP contribution in [0.3, 0.4) is 0 Å². The molecule has 0 amide bonds. The van der Waals surface area contributed by atoms with Gasteiger partial charge < -0.3 is 4.43 Å². The van der Waals surface area contributed by atoms with Crippen LogP contribution in [0.5, 0.6) is 0 Å². The molecular formula is C27H40O2Si. The standard InChI is InChI=1S/C27H40O2Si/c1-20(2)30(21(3)4,22(5)6)29-27(19-26(28)25-16-12-9-13-17-25)23(7)18-24-14-10-8-11-15-24/h8-17,20-23,27H,18-19H2,1-7H3/t23-,27+/m1/s1. The molecule has 0 aliphatic rings. The molecule has 0 saturated carbocycles. The summed E-state index contributed by atoms with van der Waals surface area (Å²) >= 11 is 0. The minimum atomic E-state index is -2.09. The first-order chi connectivity index (χ1) is 14.2. The summed E-state index contributed by atoms with van der Waals surface area (Å²) < 4.78 is 7.17. The zero-order chi connectivity index (χ0) is 22.3. The molecule has 0 heterocycles. The number of carbonyl (C=O) groups is 1. The number of rotatable bonds is 11. The van der Waals surface area contributed by atoms with E-state index < -0.39 is 8.32 Å². The molecule has 0 fully saturated rings. The van der Waals surface area contributed by atoms with E-state index in [9.17, 15) is 4.79 Å². The zero-order valence-electron chi connectivity index (χ0n) is 19.9. The van der Waals surface area contributed by atoms with E-state index in [0.29, 0.717) is 23.0 Å². The van der Waals surface area contributed by atoms with Gasteiger partial charge in [0.05, 0.1) is 6.10 Å². The topological polar surface area (TPSA) is 26.3 Å². The van der Waals surface area contributed by atoms with Crippen LogP contribution in [0, 0.1) is 5.92 Å². The smallest absolute Gasteiger partial charge is 0.200 e. The predicted molar refractivity (Wildman–Crippen MR) is 131 cm³/mol. The lowest BCUT2D eigenvalue weighted by atomic mass is 9.91. The zero-order valence-corrected chi connectivity index (χ0v) is 20.9. The van der Waals surface area contributed by atoms with Crippen LogP contribution < -0.4 is 0 Å². The van der Waals surface area contributed by atoms with Crippen LogP contribution in [0.25, 0.3) is 0 Å². The molecule has 0 bridgehead atoms. The van der Waals surface area contributed by atoms with Crippen LogP contribution >= 0.6 is 0 Å². The maximum atomic E-state index is 13.1. The lowest BCUT2D eigenvalue weighted by Crippen LogP contribution is -2.51. The summed E-state index contributed by atoms with van der Waals surface area (Å²) in [6.45, 7) is 16.1. The fourth-order valence-corrected chi connectivity index (χ4v) is 10.7. The number of ketones is 1. The first-order valence-electron chi connectivity index (χ1n) is 11.5. The fourth-order valence-electron chi connectivity index (χ4n) is 5.07. The first kappa shape index (κ1) is 24.6. The van der Waals surface area contributed by atoms with E-state index in [1.807, 2.05) is 30.3 Å². The Morgan fingerprint density at radius 2 is 1.23 bits per heavy atom. The second kappa shape index (κ2) is 11.1. The van der Waals surface area contributed by atoms with Crippen LogP contribution in [-0.4, -0.2) is 20.2 Å². The lowest BCUT2D eigenvalue weighted by molar-refractivity contribution is 0.0781. The van der Waals surface area contributed by atoms with Crippen molar-refractivity contribution < 1.29 is 9.22 Å². The normalized spacial score (nSPS) is 14.3. The third-order valence-electron chi connectivity index (χ3n) is 6.58. The maximum absolute atomic E-state index is 13.1. The summed E-state index contributed by atoms with van der Waals surface area (Å²) in [5, 5.41) is 0. The Hall–Kier alpha value is -1.71. The molecule has 0 aliphatic carbocycles. The highest BCUT2D eigenvalue weighted by molar-refractivity contribution is 6.77. The van der Waals surface area contributed by atoms with Crippen molar-refractivity contribution >= 4 is 14.1 Å². The summed E-state index contributed by atoms with van der Waals surface area (Å²) in [6, 6.07) is 20.2. The summed E-state index contributed by atoms with van der Waals surface area (Å²) in [6.07, 6.45) is 1.29. The Bertz CT molecular complexity index is 746. The monoisotopic (exact) mass is 424 g/mol. The van der Waals surface area contributed by atoms with Crippen LogP contribution in [0.1, 0.15) is 70.8 Å². The third kappa shape index (κ3) is 5.92. The Balaban J connectivity index is 2.34. The van der Waals surface area contributed by atoms with E-state index in [1.54, 1.807) is 0 Å². The van der Waals surface area contributed by atoms with Crippen molar-refractivity contribution in [1.82, 2.24) is 0 Å². The maximum Gasteiger partial charge on any atom is 0.200 e. The summed E-state index contributed by atoms with van der Waals surface area (Å²) in [4.78, 5) is 13.1.